The summed E-state index contributed by atoms with van der Waals surface area (Å²) in [5.41, 5.74) is 1.48. The molecule has 1 amide bonds. The highest BCUT2D eigenvalue weighted by molar-refractivity contribution is 6.33. The quantitative estimate of drug-likeness (QED) is 0.782. The summed E-state index contributed by atoms with van der Waals surface area (Å²) in [5, 5.41) is 7.43. The lowest BCUT2D eigenvalue weighted by atomic mass is 10.2. The van der Waals surface area contributed by atoms with Crippen molar-refractivity contribution < 1.29 is 13.9 Å². The van der Waals surface area contributed by atoms with Gasteiger partial charge in [0.25, 0.3) is 5.91 Å². The summed E-state index contributed by atoms with van der Waals surface area (Å²) >= 11 is 6.36. The van der Waals surface area contributed by atoms with E-state index in [9.17, 15) is 9.18 Å². The van der Waals surface area contributed by atoms with Crippen LogP contribution in [-0.4, -0.2) is 60.0 Å². The smallest absolute Gasteiger partial charge is 0.256 e. The number of carbonyl (C=O) groups is 1. The van der Waals surface area contributed by atoms with Gasteiger partial charge in [-0.15, -0.1) is 0 Å². The van der Waals surface area contributed by atoms with Crippen LogP contribution in [0.1, 0.15) is 22.5 Å². The molecular formula is C18H22ClFN4O2. The maximum atomic E-state index is 13.1. The van der Waals surface area contributed by atoms with Gasteiger partial charge in [-0.25, -0.2) is 9.07 Å². The van der Waals surface area contributed by atoms with E-state index in [1.165, 1.54) is 16.8 Å². The van der Waals surface area contributed by atoms with E-state index in [1.54, 1.807) is 19.1 Å². The van der Waals surface area contributed by atoms with Gasteiger partial charge in [-0.05, 0) is 44.2 Å². The Morgan fingerprint density at radius 3 is 2.69 bits per heavy atom. The first-order chi connectivity index (χ1) is 12.6. The summed E-state index contributed by atoms with van der Waals surface area (Å²) in [7, 11) is 0. The van der Waals surface area contributed by atoms with Gasteiger partial charge in [0, 0.05) is 19.6 Å². The predicted molar refractivity (Wildman–Crippen MR) is 97.5 cm³/mol. The SMILES string of the molecule is Cc1nn(-c2ccc(F)cc2)c(Cl)c1C(=O)NCCCN1CCOCC1. The van der Waals surface area contributed by atoms with Crippen molar-refractivity contribution in [1.82, 2.24) is 20.0 Å². The van der Waals surface area contributed by atoms with E-state index in [1.807, 2.05) is 0 Å². The van der Waals surface area contributed by atoms with Crippen molar-refractivity contribution >= 4 is 17.5 Å². The van der Waals surface area contributed by atoms with Gasteiger partial charge in [0.2, 0.25) is 0 Å². The lowest BCUT2D eigenvalue weighted by Gasteiger charge is -2.26. The number of aryl methyl sites for hydroxylation is 1. The number of aromatic nitrogens is 2. The molecule has 2 heterocycles. The molecule has 0 unspecified atom stereocenters. The highest BCUT2D eigenvalue weighted by Crippen LogP contribution is 2.23. The fraction of sp³-hybridized carbons (Fsp3) is 0.444. The third kappa shape index (κ3) is 4.41. The second-order valence-corrected chi connectivity index (χ2v) is 6.56. The Balaban J connectivity index is 1.59. The van der Waals surface area contributed by atoms with Crippen molar-refractivity contribution in [1.29, 1.82) is 0 Å². The molecule has 0 saturated carbocycles. The molecule has 0 radical (unpaired) electrons. The van der Waals surface area contributed by atoms with E-state index >= 15 is 0 Å². The number of ether oxygens (including phenoxy) is 1. The van der Waals surface area contributed by atoms with Gasteiger partial charge >= 0.3 is 0 Å². The van der Waals surface area contributed by atoms with Gasteiger partial charge in [0.15, 0.2) is 0 Å². The van der Waals surface area contributed by atoms with Crippen LogP contribution in [0.4, 0.5) is 4.39 Å². The monoisotopic (exact) mass is 380 g/mol. The first-order valence-electron chi connectivity index (χ1n) is 8.65. The van der Waals surface area contributed by atoms with E-state index < -0.39 is 0 Å². The summed E-state index contributed by atoms with van der Waals surface area (Å²) in [6.45, 7) is 6.62. The number of nitrogens with zero attached hydrogens (tertiary/aromatic N) is 3. The highest BCUT2D eigenvalue weighted by Gasteiger charge is 2.21. The molecule has 6 nitrogen and oxygen atoms in total. The van der Waals surface area contributed by atoms with E-state index in [0.29, 0.717) is 23.5 Å². The number of rotatable bonds is 6. The molecular weight excluding hydrogens is 359 g/mol. The molecule has 8 heteroatoms. The van der Waals surface area contributed by atoms with Crippen molar-refractivity contribution in [3.8, 4) is 5.69 Å². The molecule has 0 atom stereocenters. The van der Waals surface area contributed by atoms with Gasteiger partial charge in [0.05, 0.1) is 30.2 Å². The van der Waals surface area contributed by atoms with Crippen LogP contribution in [0.2, 0.25) is 5.15 Å². The molecule has 1 aromatic heterocycles. The maximum Gasteiger partial charge on any atom is 0.256 e. The molecule has 1 aliphatic rings. The van der Waals surface area contributed by atoms with Gasteiger partial charge in [-0.2, -0.15) is 5.10 Å². The number of benzene rings is 1. The maximum absolute atomic E-state index is 13.1. The second-order valence-electron chi connectivity index (χ2n) is 6.20. The van der Waals surface area contributed by atoms with Crippen molar-refractivity contribution in [2.45, 2.75) is 13.3 Å². The average molecular weight is 381 g/mol. The van der Waals surface area contributed by atoms with E-state index in [4.69, 9.17) is 16.3 Å². The minimum atomic E-state index is -0.341. The van der Waals surface area contributed by atoms with Crippen LogP contribution in [0.5, 0.6) is 0 Å². The molecule has 1 aliphatic heterocycles. The molecule has 2 aromatic rings. The normalized spacial score (nSPS) is 15.2. The summed E-state index contributed by atoms with van der Waals surface area (Å²) in [4.78, 5) is 14.8. The van der Waals surface area contributed by atoms with Crippen LogP contribution in [0, 0.1) is 12.7 Å². The zero-order valence-corrected chi connectivity index (χ0v) is 15.4. The van der Waals surface area contributed by atoms with Crippen LogP contribution in [-0.2, 0) is 4.74 Å². The standard InChI is InChI=1S/C18H22ClFN4O2/c1-13-16(17(19)24(22-13)15-5-3-14(20)4-6-15)18(25)21-7-2-8-23-9-11-26-12-10-23/h3-6H,2,7-12H2,1H3,(H,21,25). The van der Waals surface area contributed by atoms with Crippen LogP contribution in [0.3, 0.4) is 0 Å². The molecule has 26 heavy (non-hydrogen) atoms. The molecule has 1 aromatic carbocycles. The Labute approximate surface area is 156 Å². The van der Waals surface area contributed by atoms with E-state index in [2.05, 4.69) is 15.3 Å². The lowest BCUT2D eigenvalue weighted by molar-refractivity contribution is 0.0374. The van der Waals surface area contributed by atoms with Crippen LogP contribution in [0.15, 0.2) is 24.3 Å². The Kier molecular flexibility index (Phi) is 6.24. The predicted octanol–water partition coefficient (Wildman–Crippen LogP) is 2.43. The zero-order valence-electron chi connectivity index (χ0n) is 14.7. The molecule has 0 spiro atoms. The van der Waals surface area contributed by atoms with Crippen molar-refractivity contribution in [3.05, 3.63) is 46.5 Å². The molecule has 0 bridgehead atoms. The zero-order chi connectivity index (χ0) is 18.5. The van der Waals surface area contributed by atoms with E-state index in [0.717, 1.165) is 39.3 Å². The largest absolute Gasteiger partial charge is 0.379 e. The minimum absolute atomic E-state index is 0.222. The van der Waals surface area contributed by atoms with Crippen LogP contribution in [0.25, 0.3) is 5.69 Å². The van der Waals surface area contributed by atoms with Crippen molar-refractivity contribution in [2.75, 3.05) is 39.4 Å². The number of nitrogens with one attached hydrogen (secondary N) is 1. The minimum Gasteiger partial charge on any atom is -0.379 e. The molecule has 1 fully saturated rings. The second kappa shape index (κ2) is 8.62. The summed E-state index contributed by atoms with van der Waals surface area (Å²) in [6.07, 6.45) is 0.856. The Bertz CT molecular complexity index is 757. The molecule has 0 aliphatic carbocycles. The van der Waals surface area contributed by atoms with Gasteiger partial charge in [0.1, 0.15) is 11.0 Å². The van der Waals surface area contributed by atoms with Gasteiger partial charge in [-0.1, -0.05) is 11.6 Å². The highest BCUT2D eigenvalue weighted by atomic mass is 35.5. The first-order valence-corrected chi connectivity index (χ1v) is 9.03. The number of hydrogen-bond acceptors (Lipinski definition) is 4. The van der Waals surface area contributed by atoms with Gasteiger partial charge < -0.3 is 10.1 Å². The Morgan fingerprint density at radius 2 is 2.00 bits per heavy atom. The summed E-state index contributed by atoms with van der Waals surface area (Å²) in [5.74, 6) is -0.588. The number of morpholine rings is 1. The third-order valence-corrected chi connectivity index (χ3v) is 4.69. The molecule has 140 valence electrons. The molecule has 3 rings (SSSR count). The number of amides is 1. The fourth-order valence-corrected chi connectivity index (χ4v) is 3.29. The lowest BCUT2D eigenvalue weighted by Crippen LogP contribution is -2.38. The Morgan fingerprint density at radius 1 is 1.31 bits per heavy atom. The average Bonchev–Trinajstić information content (AvgIpc) is 2.94. The topological polar surface area (TPSA) is 59.4 Å². The Hall–Kier alpha value is -1.96. The van der Waals surface area contributed by atoms with Crippen LogP contribution < -0.4 is 5.32 Å². The summed E-state index contributed by atoms with van der Waals surface area (Å²) < 4.78 is 19.8. The summed E-state index contributed by atoms with van der Waals surface area (Å²) in [6, 6.07) is 5.79. The van der Waals surface area contributed by atoms with Crippen LogP contribution >= 0.6 is 11.6 Å². The molecule has 1 N–H and O–H groups in total. The number of carbonyl (C=O) groups excluding carboxylic acids is 1. The van der Waals surface area contributed by atoms with Gasteiger partial charge in [-0.3, -0.25) is 9.69 Å². The number of halogens is 2. The first kappa shape index (κ1) is 18.8. The third-order valence-electron chi connectivity index (χ3n) is 4.34. The van der Waals surface area contributed by atoms with Crippen molar-refractivity contribution in [3.63, 3.8) is 0 Å². The van der Waals surface area contributed by atoms with Crippen molar-refractivity contribution in [2.24, 2.45) is 0 Å². The molecule has 1 saturated heterocycles. The number of hydrogen-bond donors (Lipinski definition) is 1. The fourth-order valence-electron chi connectivity index (χ4n) is 2.93. The van der Waals surface area contributed by atoms with E-state index in [-0.39, 0.29) is 16.9 Å².